The number of thiophene rings is 1. The van der Waals surface area contributed by atoms with Crippen LogP contribution in [-0.2, 0) is 0 Å². The van der Waals surface area contributed by atoms with Crippen LogP contribution in [0.2, 0.25) is 5.02 Å². The van der Waals surface area contributed by atoms with Gasteiger partial charge in [0.15, 0.2) is 0 Å². The van der Waals surface area contributed by atoms with E-state index >= 15 is 0 Å². The maximum absolute atomic E-state index is 5.95. The molecule has 0 spiro atoms. The van der Waals surface area contributed by atoms with E-state index in [2.05, 4.69) is 34.6 Å². The van der Waals surface area contributed by atoms with Crippen molar-refractivity contribution in [1.82, 2.24) is 0 Å². The first-order chi connectivity index (χ1) is 5.70. The Balaban J connectivity index is 2.97. The molecule has 62 valence electrons. The molecule has 0 saturated heterocycles. The predicted molar refractivity (Wildman–Crippen MR) is 61.8 cm³/mol. The maximum Gasteiger partial charge on any atom is 0.0565 e. The van der Waals surface area contributed by atoms with Gasteiger partial charge in [0.1, 0.15) is 0 Å². The van der Waals surface area contributed by atoms with E-state index < -0.39 is 0 Å². The zero-order chi connectivity index (χ0) is 8.72. The number of rotatable bonds is 0. The molecular formula is C8H4BrClS2. The lowest BCUT2D eigenvalue weighted by Gasteiger charge is -2.00. The third-order valence-electron chi connectivity index (χ3n) is 1.62. The van der Waals surface area contributed by atoms with E-state index in [-0.39, 0.29) is 0 Å². The minimum Gasteiger partial charge on any atom is -0.143 e. The van der Waals surface area contributed by atoms with Gasteiger partial charge in [-0.3, -0.25) is 0 Å². The van der Waals surface area contributed by atoms with Gasteiger partial charge >= 0.3 is 0 Å². The van der Waals surface area contributed by atoms with Gasteiger partial charge in [0.2, 0.25) is 0 Å². The second-order valence-corrected chi connectivity index (χ2v) is 4.98. The normalized spacial score (nSPS) is 10.9. The third-order valence-corrected chi connectivity index (χ3v) is 4.25. The second kappa shape index (κ2) is 3.22. The average Bonchev–Trinajstić information content (AvgIpc) is 2.48. The van der Waals surface area contributed by atoms with Crippen molar-refractivity contribution >= 4 is 61.6 Å². The average molecular weight is 280 g/mol. The molecule has 4 heteroatoms. The van der Waals surface area contributed by atoms with Crippen LogP contribution in [0.5, 0.6) is 0 Å². The molecule has 0 aliphatic heterocycles. The monoisotopic (exact) mass is 278 g/mol. The van der Waals surface area contributed by atoms with Gasteiger partial charge in [-0.15, -0.1) is 24.0 Å². The lowest BCUT2D eigenvalue weighted by molar-refractivity contribution is 1.58. The van der Waals surface area contributed by atoms with E-state index in [1.807, 2.05) is 11.4 Å². The summed E-state index contributed by atoms with van der Waals surface area (Å²) in [4.78, 5) is 0.866. The first kappa shape index (κ1) is 8.88. The fourth-order valence-corrected chi connectivity index (χ4v) is 3.34. The first-order valence-electron chi connectivity index (χ1n) is 3.24. The molecule has 0 atom stereocenters. The molecule has 1 heterocycles. The largest absolute Gasteiger partial charge is 0.143 e. The highest BCUT2D eigenvalue weighted by Crippen LogP contribution is 2.37. The molecule has 0 nitrogen and oxygen atoms in total. The molecular weight excluding hydrogens is 276 g/mol. The highest BCUT2D eigenvalue weighted by atomic mass is 79.9. The van der Waals surface area contributed by atoms with Crippen LogP contribution in [0.4, 0.5) is 0 Å². The van der Waals surface area contributed by atoms with Gasteiger partial charge < -0.3 is 0 Å². The molecule has 12 heavy (non-hydrogen) atoms. The third kappa shape index (κ3) is 1.29. The number of benzene rings is 1. The highest BCUT2D eigenvalue weighted by Gasteiger charge is 2.07. The molecule has 0 aliphatic carbocycles. The number of fused-ring (bicyclic) bond motifs is 1. The van der Waals surface area contributed by atoms with Crippen molar-refractivity contribution in [3.63, 3.8) is 0 Å². The molecule has 1 aromatic heterocycles. The summed E-state index contributed by atoms with van der Waals surface area (Å²) in [6.45, 7) is 0. The molecule has 1 aromatic carbocycles. The standard InChI is InChI=1S/C8H4BrClS2/c9-5-3-6(10)7(11)8-4(5)1-2-12-8/h1-3,11H. The van der Waals surface area contributed by atoms with Crippen LogP contribution in [0.3, 0.4) is 0 Å². The fraction of sp³-hybridized carbons (Fsp3) is 0. The summed E-state index contributed by atoms with van der Waals surface area (Å²) in [7, 11) is 0. The zero-order valence-corrected chi connectivity index (χ0v) is 9.90. The Bertz CT molecular complexity index is 436. The van der Waals surface area contributed by atoms with Crippen molar-refractivity contribution in [3.8, 4) is 0 Å². The van der Waals surface area contributed by atoms with Crippen LogP contribution < -0.4 is 0 Å². The summed E-state index contributed by atoms with van der Waals surface area (Å²) in [5, 5.41) is 3.90. The number of thiol groups is 1. The van der Waals surface area contributed by atoms with E-state index in [4.69, 9.17) is 11.6 Å². The number of hydrogen-bond acceptors (Lipinski definition) is 2. The molecule has 2 rings (SSSR count). The molecule has 0 radical (unpaired) electrons. The SMILES string of the molecule is Sc1c(Cl)cc(Br)c2ccsc12. The predicted octanol–water partition coefficient (Wildman–Crippen LogP) is 4.61. The van der Waals surface area contributed by atoms with E-state index in [9.17, 15) is 0 Å². The van der Waals surface area contributed by atoms with E-state index in [0.717, 1.165) is 14.1 Å². The maximum atomic E-state index is 5.95. The molecule has 0 amide bonds. The van der Waals surface area contributed by atoms with Gasteiger partial charge in [-0.25, -0.2) is 0 Å². The molecule has 0 unspecified atom stereocenters. The minimum absolute atomic E-state index is 0.695. The summed E-state index contributed by atoms with van der Waals surface area (Å²) in [5.41, 5.74) is 0. The molecule has 0 fully saturated rings. The van der Waals surface area contributed by atoms with Crippen LogP contribution in [0.25, 0.3) is 10.1 Å². The van der Waals surface area contributed by atoms with Crippen LogP contribution in [0.15, 0.2) is 26.9 Å². The van der Waals surface area contributed by atoms with Crippen LogP contribution >= 0.6 is 51.5 Å². The zero-order valence-electron chi connectivity index (χ0n) is 5.84. The summed E-state index contributed by atoms with van der Waals surface area (Å²) >= 11 is 15.4. The Kier molecular flexibility index (Phi) is 2.38. The lowest BCUT2D eigenvalue weighted by atomic mass is 10.3. The van der Waals surface area contributed by atoms with Gasteiger partial charge in [0, 0.05) is 14.8 Å². The smallest absolute Gasteiger partial charge is 0.0565 e. The summed E-state index contributed by atoms with van der Waals surface area (Å²) in [5.74, 6) is 0. The molecule has 0 aliphatic rings. The van der Waals surface area contributed by atoms with Crippen LogP contribution in [-0.4, -0.2) is 0 Å². The quantitative estimate of drug-likeness (QED) is 0.669. The first-order valence-corrected chi connectivity index (χ1v) is 5.74. The van der Waals surface area contributed by atoms with Crippen molar-refractivity contribution in [2.24, 2.45) is 0 Å². The van der Waals surface area contributed by atoms with Crippen LogP contribution in [0, 0.1) is 0 Å². The Morgan fingerprint density at radius 1 is 1.50 bits per heavy atom. The molecule has 0 N–H and O–H groups in total. The van der Waals surface area contributed by atoms with Crippen molar-refractivity contribution < 1.29 is 0 Å². The fourth-order valence-electron chi connectivity index (χ4n) is 1.05. The Morgan fingerprint density at radius 3 is 3.00 bits per heavy atom. The highest BCUT2D eigenvalue weighted by molar-refractivity contribution is 9.10. The van der Waals surface area contributed by atoms with Gasteiger partial charge in [0.25, 0.3) is 0 Å². The second-order valence-electron chi connectivity index (χ2n) is 2.35. The van der Waals surface area contributed by atoms with Crippen molar-refractivity contribution in [2.45, 2.75) is 4.90 Å². The Hall–Kier alpha value is 0.300. The van der Waals surface area contributed by atoms with Gasteiger partial charge in [-0.05, 0) is 17.5 Å². The van der Waals surface area contributed by atoms with Gasteiger partial charge in [-0.1, -0.05) is 27.5 Å². The van der Waals surface area contributed by atoms with E-state index in [0.29, 0.717) is 5.02 Å². The molecule has 2 aromatic rings. The van der Waals surface area contributed by atoms with Gasteiger partial charge in [0.05, 0.1) is 9.72 Å². The minimum atomic E-state index is 0.695. The van der Waals surface area contributed by atoms with E-state index in [1.165, 1.54) is 5.39 Å². The summed E-state index contributed by atoms with van der Waals surface area (Å²) in [6.07, 6.45) is 0. The Labute approximate surface area is 93.1 Å². The summed E-state index contributed by atoms with van der Waals surface area (Å²) < 4.78 is 2.17. The summed E-state index contributed by atoms with van der Waals surface area (Å²) in [6, 6.07) is 3.93. The van der Waals surface area contributed by atoms with Crippen molar-refractivity contribution in [3.05, 3.63) is 27.0 Å². The van der Waals surface area contributed by atoms with Gasteiger partial charge in [-0.2, -0.15) is 0 Å². The number of hydrogen-bond donors (Lipinski definition) is 1. The van der Waals surface area contributed by atoms with Crippen molar-refractivity contribution in [2.75, 3.05) is 0 Å². The topological polar surface area (TPSA) is 0 Å². The molecule has 0 bridgehead atoms. The Morgan fingerprint density at radius 2 is 2.25 bits per heavy atom. The van der Waals surface area contributed by atoms with Crippen LogP contribution in [0.1, 0.15) is 0 Å². The van der Waals surface area contributed by atoms with E-state index in [1.54, 1.807) is 11.3 Å². The lowest BCUT2D eigenvalue weighted by Crippen LogP contribution is -1.72. The van der Waals surface area contributed by atoms with Crippen molar-refractivity contribution in [1.29, 1.82) is 0 Å². The molecule has 0 saturated carbocycles. The number of halogens is 2.